The van der Waals surface area contributed by atoms with Gasteiger partial charge in [0.05, 0.1) is 12.1 Å². The molecule has 7 heteroatoms. The molecule has 1 atom stereocenters. The summed E-state index contributed by atoms with van der Waals surface area (Å²) in [7, 11) is 0. The third-order valence-corrected chi connectivity index (χ3v) is 8.32. The number of carbonyl (C=O) groups excluding carboxylic acids is 1. The minimum atomic E-state index is -0.288. The summed E-state index contributed by atoms with van der Waals surface area (Å²) in [4.78, 5) is 24.4. The number of halogens is 2. The molecule has 0 radical (unpaired) electrons. The Kier molecular flexibility index (Phi) is 7.05. The SMILES string of the molecule is Cc1nccn1CC1=Cc2cc(Cl)ccc2C(C2CCN(C(=O)Cc3ccc(F)cc3)CC2)c2ncccc21. The van der Waals surface area contributed by atoms with Gasteiger partial charge in [-0.25, -0.2) is 9.37 Å². The van der Waals surface area contributed by atoms with Gasteiger partial charge in [-0.05, 0) is 84.4 Å². The third-order valence-electron chi connectivity index (χ3n) is 8.09. The van der Waals surface area contributed by atoms with Gasteiger partial charge in [-0.3, -0.25) is 9.78 Å². The fraction of sp³-hybridized carbons (Fsp3) is 0.281. The number of carbonyl (C=O) groups is 1. The summed E-state index contributed by atoms with van der Waals surface area (Å²) in [5.41, 5.74) is 6.59. The second-order valence-electron chi connectivity index (χ2n) is 10.5. The Morgan fingerprint density at radius 1 is 1.05 bits per heavy atom. The maximum atomic E-state index is 13.3. The molecule has 6 rings (SSSR count). The highest BCUT2D eigenvalue weighted by Crippen LogP contribution is 2.45. The number of fused-ring (bicyclic) bond motifs is 2. The van der Waals surface area contributed by atoms with Gasteiger partial charge in [0, 0.05) is 54.7 Å². The van der Waals surface area contributed by atoms with Crippen LogP contribution in [0.25, 0.3) is 11.6 Å². The van der Waals surface area contributed by atoms with Crippen molar-refractivity contribution in [3.63, 3.8) is 0 Å². The van der Waals surface area contributed by atoms with Gasteiger partial charge in [0.1, 0.15) is 11.6 Å². The Balaban J connectivity index is 1.29. The summed E-state index contributed by atoms with van der Waals surface area (Å²) >= 11 is 6.49. The van der Waals surface area contributed by atoms with E-state index in [1.165, 1.54) is 23.3 Å². The fourth-order valence-corrected chi connectivity index (χ4v) is 6.22. The summed E-state index contributed by atoms with van der Waals surface area (Å²) < 4.78 is 15.4. The van der Waals surface area contributed by atoms with Crippen molar-refractivity contribution in [1.82, 2.24) is 19.4 Å². The number of imidazole rings is 1. The van der Waals surface area contributed by atoms with Gasteiger partial charge in [-0.15, -0.1) is 0 Å². The number of rotatable bonds is 5. The second kappa shape index (κ2) is 10.8. The summed E-state index contributed by atoms with van der Waals surface area (Å²) in [6, 6.07) is 16.5. The van der Waals surface area contributed by atoms with Crippen molar-refractivity contribution in [1.29, 1.82) is 0 Å². The number of hydrogen-bond acceptors (Lipinski definition) is 3. The van der Waals surface area contributed by atoms with E-state index < -0.39 is 0 Å². The molecular formula is C32H30ClFN4O. The van der Waals surface area contributed by atoms with Crippen LogP contribution in [0.15, 0.2) is 73.2 Å². The topological polar surface area (TPSA) is 51.0 Å². The lowest BCUT2D eigenvalue weighted by Crippen LogP contribution is -2.40. The predicted molar refractivity (Wildman–Crippen MR) is 152 cm³/mol. The zero-order valence-corrected chi connectivity index (χ0v) is 22.6. The van der Waals surface area contributed by atoms with Crippen molar-refractivity contribution in [2.75, 3.05) is 13.1 Å². The van der Waals surface area contributed by atoms with Crippen LogP contribution in [0, 0.1) is 18.7 Å². The first kappa shape index (κ1) is 25.5. The number of allylic oxidation sites excluding steroid dienone is 1. The zero-order valence-electron chi connectivity index (χ0n) is 21.9. The number of hydrogen-bond donors (Lipinski definition) is 0. The molecular weight excluding hydrogens is 511 g/mol. The highest BCUT2D eigenvalue weighted by atomic mass is 35.5. The average molecular weight is 541 g/mol. The van der Waals surface area contributed by atoms with Crippen LogP contribution in [0.3, 0.4) is 0 Å². The van der Waals surface area contributed by atoms with E-state index in [1.54, 1.807) is 12.1 Å². The van der Waals surface area contributed by atoms with Gasteiger partial charge in [0.25, 0.3) is 0 Å². The Bertz CT molecular complexity index is 1540. The maximum absolute atomic E-state index is 13.3. The first-order valence-electron chi connectivity index (χ1n) is 13.4. The number of benzene rings is 2. The van der Waals surface area contributed by atoms with Gasteiger partial charge in [-0.1, -0.05) is 35.9 Å². The molecule has 1 amide bonds. The molecule has 2 aliphatic rings. The summed E-state index contributed by atoms with van der Waals surface area (Å²) in [5, 5.41) is 0.710. The number of piperidine rings is 1. The number of amides is 1. The Morgan fingerprint density at radius 2 is 1.85 bits per heavy atom. The number of aromatic nitrogens is 3. The lowest BCUT2D eigenvalue weighted by Gasteiger charge is -2.37. The van der Waals surface area contributed by atoms with Gasteiger partial charge in [0.15, 0.2) is 0 Å². The molecule has 0 N–H and O–H groups in total. The van der Waals surface area contributed by atoms with Crippen LogP contribution in [-0.4, -0.2) is 38.4 Å². The molecule has 5 nitrogen and oxygen atoms in total. The Hall–Kier alpha value is -3.77. The summed E-state index contributed by atoms with van der Waals surface area (Å²) in [5.74, 6) is 1.19. The van der Waals surface area contributed by atoms with E-state index in [0.29, 0.717) is 37.0 Å². The smallest absolute Gasteiger partial charge is 0.226 e. The van der Waals surface area contributed by atoms with Crippen LogP contribution in [0.5, 0.6) is 0 Å². The predicted octanol–water partition coefficient (Wildman–Crippen LogP) is 6.55. The molecule has 2 aromatic carbocycles. The third kappa shape index (κ3) is 5.26. The Morgan fingerprint density at radius 3 is 2.59 bits per heavy atom. The number of nitrogens with zero attached hydrogens (tertiary/aromatic N) is 4. The van der Waals surface area contributed by atoms with Crippen LogP contribution < -0.4 is 0 Å². The average Bonchev–Trinajstić information content (AvgIpc) is 3.29. The monoisotopic (exact) mass is 540 g/mol. The number of likely N-dealkylation sites (tertiary alicyclic amines) is 1. The molecule has 1 fully saturated rings. The summed E-state index contributed by atoms with van der Waals surface area (Å²) in [6.45, 7) is 4.10. The van der Waals surface area contributed by atoms with Crippen molar-refractivity contribution < 1.29 is 9.18 Å². The molecule has 198 valence electrons. The van der Waals surface area contributed by atoms with Crippen LogP contribution >= 0.6 is 11.6 Å². The molecule has 4 aromatic rings. The molecule has 1 unspecified atom stereocenters. The normalized spacial score (nSPS) is 17.3. The largest absolute Gasteiger partial charge is 0.342 e. The molecule has 1 aliphatic heterocycles. The number of pyridine rings is 1. The minimum absolute atomic E-state index is 0.0892. The van der Waals surface area contributed by atoms with E-state index in [-0.39, 0.29) is 17.6 Å². The van der Waals surface area contributed by atoms with Crippen LogP contribution in [0.4, 0.5) is 4.39 Å². The van der Waals surface area contributed by atoms with Gasteiger partial charge in [0.2, 0.25) is 5.91 Å². The summed E-state index contributed by atoms with van der Waals surface area (Å²) in [6.07, 6.45) is 10.0. The molecule has 0 spiro atoms. The molecule has 3 heterocycles. The maximum Gasteiger partial charge on any atom is 0.226 e. The highest BCUT2D eigenvalue weighted by Gasteiger charge is 2.35. The van der Waals surface area contributed by atoms with Crippen molar-refractivity contribution in [3.8, 4) is 0 Å². The lowest BCUT2D eigenvalue weighted by molar-refractivity contribution is -0.131. The molecule has 1 saturated heterocycles. The van der Waals surface area contributed by atoms with Crippen LogP contribution in [0.1, 0.15) is 52.5 Å². The van der Waals surface area contributed by atoms with Crippen molar-refractivity contribution >= 4 is 29.2 Å². The quantitative estimate of drug-likeness (QED) is 0.288. The molecule has 1 aliphatic carbocycles. The zero-order chi connectivity index (χ0) is 26.9. The van der Waals surface area contributed by atoms with E-state index in [2.05, 4.69) is 33.8 Å². The van der Waals surface area contributed by atoms with E-state index in [1.807, 2.05) is 42.5 Å². The fourth-order valence-electron chi connectivity index (χ4n) is 6.04. The van der Waals surface area contributed by atoms with Crippen LogP contribution in [-0.2, 0) is 17.8 Å². The lowest BCUT2D eigenvalue weighted by atomic mass is 9.76. The molecule has 2 aromatic heterocycles. The van der Waals surface area contributed by atoms with Crippen molar-refractivity contribution in [2.45, 2.75) is 38.6 Å². The first-order chi connectivity index (χ1) is 19.0. The Labute approximate surface area is 233 Å². The highest BCUT2D eigenvalue weighted by molar-refractivity contribution is 6.30. The van der Waals surface area contributed by atoms with E-state index in [0.717, 1.165) is 41.1 Å². The second-order valence-corrected chi connectivity index (χ2v) is 10.9. The van der Waals surface area contributed by atoms with E-state index >= 15 is 0 Å². The van der Waals surface area contributed by atoms with Crippen LogP contribution in [0.2, 0.25) is 5.02 Å². The van der Waals surface area contributed by atoms with Gasteiger partial charge >= 0.3 is 0 Å². The van der Waals surface area contributed by atoms with Crippen molar-refractivity contribution in [3.05, 3.63) is 118 Å². The minimum Gasteiger partial charge on any atom is -0.342 e. The van der Waals surface area contributed by atoms with Gasteiger partial charge in [-0.2, -0.15) is 0 Å². The van der Waals surface area contributed by atoms with E-state index in [9.17, 15) is 9.18 Å². The molecule has 0 saturated carbocycles. The van der Waals surface area contributed by atoms with E-state index in [4.69, 9.17) is 16.6 Å². The first-order valence-corrected chi connectivity index (χ1v) is 13.8. The van der Waals surface area contributed by atoms with Gasteiger partial charge < -0.3 is 9.47 Å². The van der Waals surface area contributed by atoms with Crippen molar-refractivity contribution in [2.24, 2.45) is 5.92 Å². The molecule has 0 bridgehead atoms. The number of aryl methyl sites for hydroxylation is 1. The standard InChI is InChI=1S/C32H30ClFN4O/c1-21-35-13-16-38(21)20-25-18-24-19-26(33)6-9-28(24)31(32-29(25)3-2-12-36-32)23-10-14-37(15-11-23)30(39)17-22-4-7-27(34)8-5-22/h2-9,12-13,16,18-19,23,31H,10-11,14-15,17,20H2,1H3. The molecule has 39 heavy (non-hydrogen) atoms.